The highest BCUT2D eigenvalue weighted by atomic mass is 16.4. The van der Waals surface area contributed by atoms with Crippen molar-refractivity contribution in [2.45, 2.75) is 13.8 Å². The highest BCUT2D eigenvalue weighted by Gasteiger charge is 2.11. The van der Waals surface area contributed by atoms with Crippen LogP contribution in [0.3, 0.4) is 0 Å². The molecule has 2 aromatic rings. The summed E-state index contributed by atoms with van der Waals surface area (Å²) in [6, 6.07) is 7.20. The summed E-state index contributed by atoms with van der Waals surface area (Å²) in [6.07, 6.45) is 1.54. The van der Waals surface area contributed by atoms with Gasteiger partial charge in [0.25, 0.3) is 5.56 Å². The summed E-state index contributed by atoms with van der Waals surface area (Å²) in [4.78, 5) is 24.8. The van der Waals surface area contributed by atoms with Crippen LogP contribution in [0.5, 0.6) is 0 Å². The average Bonchev–Trinajstić information content (AvgIpc) is 2.33. The fraction of sp³-hybridized carbons (Fsp3) is 0.143. The average molecular weight is 243 g/mol. The number of aromatic carboxylic acids is 1. The molecule has 4 heteroatoms. The summed E-state index contributed by atoms with van der Waals surface area (Å²) in [5, 5.41) is 8.94. The number of nitrogens with one attached hydrogen (secondary N) is 1. The summed E-state index contributed by atoms with van der Waals surface area (Å²) >= 11 is 0. The van der Waals surface area contributed by atoms with E-state index in [0.717, 1.165) is 16.7 Å². The minimum Gasteiger partial charge on any atom is -0.477 e. The highest BCUT2D eigenvalue weighted by Crippen LogP contribution is 2.24. The predicted octanol–water partition coefficient (Wildman–Crippen LogP) is 2.36. The lowest BCUT2D eigenvalue weighted by atomic mass is 9.97. The SMILES string of the molecule is Cc1cccc(-c2c[nH]c(=O)c(C(=O)O)c2)c1C. The lowest BCUT2D eigenvalue weighted by molar-refractivity contribution is 0.0695. The molecule has 0 saturated carbocycles. The van der Waals surface area contributed by atoms with Gasteiger partial charge < -0.3 is 10.1 Å². The van der Waals surface area contributed by atoms with Crippen molar-refractivity contribution in [1.82, 2.24) is 4.98 Å². The minimum absolute atomic E-state index is 0.242. The van der Waals surface area contributed by atoms with Crippen molar-refractivity contribution in [3.63, 3.8) is 0 Å². The molecule has 4 nitrogen and oxygen atoms in total. The number of aryl methyl sites for hydroxylation is 1. The Morgan fingerprint density at radius 1 is 1.28 bits per heavy atom. The first-order valence-electron chi connectivity index (χ1n) is 5.53. The Morgan fingerprint density at radius 2 is 2.00 bits per heavy atom. The molecule has 0 fully saturated rings. The van der Waals surface area contributed by atoms with Crippen LogP contribution in [-0.4, -0.2) is 16.1 Å². The van der Waals surface area contributed by atoms with E-state index in [-0.39, 0.29) is 5.56 Å². The van der Waals surface area contributed by atoms with Crippen LogP contribution in [0.15, 0.2) is 35.3 Å². The van der Waals surface area contributed by atoms with Gasteiger partial charge in [-0.2, -0.15) is 0 Å². The first-order valence-corrected chi connectivity index (χ1v) is 5.53. The Morgan fingerprint density at radius 3 is 2.67 bits per heavy atom. The maximum Gasteiger partial charge on any atom is 0.341 e. The zero-order chi connectivity index (χ0) is 13.3. The van der Waals surface area contributed by atoms with Crippen LogP contribution in [0.1, 0.15) is 21.5 Å². The molecule has 0 bridgehead atoms. The van der Waals surface area contributed by atoms with Gasteiger partial charge in [-0.05, 0) is 42.2 Å². The van der Waals surface area contributed by atoms with E-state index >= 15 is 0 Å². The molecule has 18 heavy (non-hydrogen) atoms. The number of aromatic nitrogens is 1. The molecular formula is C14H13NO3. The van der Waals surface area contributed by atoms with Gasteiger partial charge in [-0.15, -0.1) is 0 Å². The van der Waals surface area contributed by atoms with Gasteiger partial charge in [0, 0.05) is 6.20 Å². The Balaban J connectivity index is 2.65. The Bertz CT molecular complexity index is 671. The third-order valence-electron chi connectivity index (χ3n) is 3.05. The first kappa shape index (κ1) is 12.1. The molecule has 92 valence electrons. The van der Waals surface area contributed by atoms with Crippen molar-refractivity contribution >= 4 is 5.97 Å². The molecule has 0 spiro atoms. The van der Waals surface area contributed by atoms with Gasteiger partial charge in [0.15, 0.2) is 0 Å². The Hall–Kier alpha value is -2.36. The molecule has 0 aliphatic heterocycles. The molecular weight excluding hydrogens is 230 g/mol. The van der Waals surface area contributed by atoms with E-state index < -0.39 is 11.5 Å². The second-order valence-corrected chi connectivity index (χ2v) is 4.18. The van der Waals surface area contributed by atoms with Gasteiger partial charge >= 0.3 is 5.97 Å². The standard InChI is InChI=1S/C14H13NO3/c1-8-4-3-5-11(9(8)2)10-6-12(14(17)18)13(16)15-7-10/h3-7H,1-2H3,(H,15,16)(H,17,18). The van der Waals surface area contributed by atoms with Crippen molar-refractivity contribution in [1.29, 1.82) is 0 Å². The maximum absolute atomic E-state index is 11.4. The molecule has 0 amide bonds. The van der Waals surface area contributed by atoms with Gasteiger partial charge in [-0.3, -0.25) is 4.79 Å². The van der Waals surface area contributed by atoms with E-state index in [1.165, 1.54) is 12.3 Å². The van der Waals surface area contributed by atoms with Crippen LogP contribution < -0.4 is 5.56 Å². The van der Waals surface area contributed by atoms with Crippen molar-refractivity contribution in [3.8, 4) is 11.1 Å². The number of hydrogen-bond donors (Lipinski definition) is 2. The van der Waals surface area contributed by atoms with E-state index in [0.29, 0.717) is 5.56 Å². The van der Waals surface area contributed by atoms with Crippen molar-refractivity contribution in [2.75, 3.05) is 0 Å². The summed E-state index contributed by atoms with van der Waals surface area (Å²) < 4.78 is 0. The monoisotopic (exact) mass is 243 g/mol. The zero-order valence-corrected chi connectivity index (χ0v) is 10.2. The normalized spacial score (nSPS) is 10.3. The molecule has 0 aliphatic rings. The predicted molar refractivity (Wildman–Crippen MR) is 68.9 cm³/mol. The fourth-order valence-electron chi connectivity index (χ4n) is 1.86. The van der Waals surface area contributed by atoms with Crippen LogP contribution in [0.2, 0.25) is 0 Å². The second-order valence-electron chi connectivity index (χ2n) is 4.18. The largest absolute Gasteiger partial charge is 0.477 e. The molecule has 0 unspecified atom stereocenters. The van der Waals surface area contributed by atoms with Gasteiger partial charge in [0.05, 0.1) is 0 Å². The Kier molecular flexibility index (Phi) is 3.02. The third kappa shape index (κ3) is 2.05. The van der Waals surface area contributed by atoms with Crippen LogP contribution >= 0.6 is 0 Å². The number of hydrogen-bond acceptors (Lipinski definition) is 2. The number of H-pyrrole nitrogens is 1. The van der Waals surface area contributed by atoms with Crippen LogP contribution in [0.25, 0.3) is 11.1 Å². The summed E-state index contributed by atoms with van der Waals surface area (Å²) in [6.45, 7) is 3.96. The lowest BCUT2D eigenvalue weighted by Crippen LogP contribution is -2.16. The lowest BCUT2D eigenvalue weighted by Gasteiger charge is -2.08. The number of aromatic amines is 1. The summed E-state index contributed by atoms with van der Waals surface area (Å²) in [5.41, 5.74) is 2.99. The minimum atomic E-state index is -1.22. The summed E-state index contributed by atoms with van der Waals surface area (Å²) in [7, 11) is 0. The second kappa shape index (κ2) is 4.49. The van der Waals surface area contributed by atoms with E-state index in [1.54, 1.807) is 0 Å². The van der Waals surface area contributed by atoms with Crippen LogP contribution in [0, 0.1) is 13.8 Å². The van der Waals surface area contributed by atoms with Crippen molar-refractivity contribution in [3.05, 3.63) is 57.5 Å². The molecule has 1 aromatic heterocycles. The highest BCUT2D eigenvalue weighted by molar-refractivity contribution is 5.89. The number of benzene rings is 1. The van der Waals surface area contributed by atoms with Gasteiger partial charge in [-0.25, -0.2) is 4.79 Å². The molecule has 0 saturated heterocycles. The fourth-order valence-corrected chi connectivity index (χ4v) is 1.86. The molecule has 1 aromatic carbocycles. The number of rotatable bonds is 2. The number of carbonyl (C=O) groups is 1. The maximum atomic E-state index is 11.4. The number of carboxylic acids is 1. The van der Waals surface area contributed by atoms with Gasteiger partial charge in [-0.1, -0.05) is 18.2 Å². The molecule has 2 rings (SSSR count). The third-order valence-corrected chi connectivity index (χ3v) is 3.05. The number of pyridine rings is 1. The van der Waals surface area contributed by atoms with Crippen LogP contribution in [0.4, 0.5) is 0 Å². The topological polar surface area (TPSA) is 70.2 Å². The summed E-state index contributed by atoms with van der Waals surface area (Å²) in [5.74, 6) is -1.22. The molecule has 0 radical (unpaired) electrons. The molecule has 0 aliphatic carbocycles. The molecule has 1 heterocycles. The van der Waals surface area contributed by atoms with Gasteiger partial charge in [0.1, 0.15) is 5.56 Å². The van der Waals surface area contributed by atoms with E-state index in [9.17, 15) is 9.59 Å². The smallest absolute Gasteiger partial charge is 0.341 e. The molecule has 2 N–H and O–H groups in total. The van der Waals surface area contributed by atoms with E-state index in [1.807, 2.05) is 32.0 Å². The molecule has 0 atom stereocenters. The zero-order valence-electron chi connectivity index (χ0n) is 10.2. The van der Waals surface area contributed by atoms with Crippen molar-refractivity contribution < 1.29 is 9.90 Å². The van der Waals surface area contributed by atoms with E-state index in [4.69, 9.17) is 5.11 Å². The first-order chi connectivity index (χ1) is 8.50. The Labute approximate surface area is 104 Å². The number of carboxylic acid groups (broad SMARTS) is 1. The van der Waals surface area contributed by atoms with E-state index in [2.05, 4.69) is 4.98 Å². The van der Waals surface area contributed by atoms with Gasteiger partial charge in [0.2, 0.25) is 0 Å². The van der Waals surface area contributed by atoms with Crippen LogP contribution in [-0.2, 0) is 0 Å². The van der Waals surface area contributed by atoms with Crippen molar-refractivity contribution in [2.24, 2.45) is 0 Å². The quantitative estimate of drug-likeness (QED) is 0.850.